The van der Waals surface area contributed by atoms with Crippen LogP contribution in [0.1, 0.15) is 28.8 Å². The van der Waals surface area contributed by atoms with E-state index in [1.165, 1.54) is 12.1 Å². The fraction of sp³-hybridized carbons (Fsp3) is 0.440. The van der Waals surface area contributed by atoms with Crippen LogP contribution in [-0.4, -0.2) is 62.5 Å². The molecule has 0 bridgehead atoms. The number of morpholine rings is 1. The summed E-state index contributed by atoms with van der Waals surface area (Å²) in [5.41, 5.74) is 0.990. The first-order valence-electron chi connectivity index (χ1n) is 11.5. The molecular formula is C25H28F3N3O3. The van der Waals surface area contributed by atoms with Crippen molar-refractivity contribution in [3.8, 4) is 0 Å². The fourth-order valence-corrected chi connectivity index (χ4v) is 4.49. The molecule has 6 nitrogen and oxygen atoms in total. The predicted octanol–water partition coefficient (Wildman–Crippen LogP) is 4.08. The van der Waals surface area contributed by atoms with Gasteiger partial charge in [0.05, 0.1) is 36.7 Å². The van der Waals surface area contributed by atoms with E-state index in [1.54, 1.807) is 0 Å². The van der Waals surface area contributed by atoms with E-state index in [-0.39, 0.29) is 29.7 Å². The van der Waals surface area contributed by atoms with Gasteiger partial charge in [0.15, 0.2) is 5.78 Å². The van der Waals surface area contributed by atoms with Gasteiger partial charge in [-0.3, -0.25) is 14.5 Å². The number of Topliss-reactive ketones (excluding diaryl/α,β-unsaturated/α-hetero) is 1. The molecule has 1 amide bonds. The molecule has 182 valence electrons. The van der Waals surface area contributed by atoms with E-state index in [2.05, 4.69) is 10.2 Å². The van der Waals surface area contributed by atoms with Gasteiger partial charge in [0.2, 0.25) is 5.91 Å². The van der Waals surface area contributed by atoms with Crippen LogP contribution in [0.3, 0.4) is 0 Å². The summed E-state index contributed by atoms with van der Waals surface area (Å²) in [5, 5.41) is 3.00. The summed E-state index contributed by atoms with van der Waals surface area (Å²) in [5.74, 6) is -0.747. The highest BCUT2D eigenvalue weighted by Crippen LogP contribution is 2.31. The van der Waals surface area contributed by atoms with Gasteiger partial charge in [-0.2, -0.15) is 13.2 Å². The zero-order chi connectivity index (χ0) is 24.1. The molecule has 9 heteroatoms. The Kier molecular flexibility index (Phi) is 7.53. The molecule has 34 heavy (non-hydrogen) atoms. The number of nitrogens with zero attached hydrogens (tertiary/aromatic N) is 2. The van der Waals surface area contributed by atoms with E-state index >= 15 is 0 Å². The van der Waals surface area contributed by atoms with Gasteiger partial charge in [0, 0.05) is 24.6 Å². The van der Waals surface area contributed by atoms with Crippen LogP contribution in [0.15, 0.2) is 48.5 Å². The van der Waals surface area contributed by atoms with Gasteiger partial charge in [0.25, 0.3) is 0 Å². The molecular weight excluding hydrogens is 447 g/mol. The number of carbonyl (C=O) groups is 2. The third kappa shape index (κ3) is 5.95. The Morgan fingerprint density at radius 3 is 2.38 bits per heavy atom. The molecule has 0 atom stereocenters. The Morgan fingerprint density at radius 2 is 1.68 bits per heavy atom. The highest BCUT2D eigenvalue weighted by Gasteiger charge is 2.32. The van der Waals surface area contributed by atoms with E-state index in [0.29, 0.717) is 39.1 Å². The third-order valence-electron chi connectivity index (χ3n) is 6.33. The zero-order valence-corrected chi connectivity index (χ0v) is 18.8. The number of carbonyl (C=O) groups excluding carboxylic acids is 2. The largest absolute Gasteiger partial charge is 0.416 e. The number of likely N-dealkylation sites (tertiary alicyclic amines) is 1. The van der Waals surface area contributed by atoms with Crippen molar-refractivity contribution in [3.63, 3.8) is 0 Å². The first-order valence-corrected chi connectivity index (χ1v) is 11.5. The summed E-state index contributed by atoms with van der Waals surface area (Å²) >= 11 is 0. The molecule has 0 unspecified atom stereocenters. The molecule has 0 aromatic heterocycles. The van der Waals surface area contributed by atoms with Crippen molar-refractivity contribution in [2.45, 2.75) is 19.0 Å². The van der Waals surface area contributed by atoms with Crippen molar-refractivity contribution < 1.29 is 27.5 Å². The number of piperidine rings is 1. The van der Waals surface area contributed by atoms with Crippen LogP contribution in [0.25, 0.3) is 0 Å². The molecule has 2 aromatic rings. The molecule has 0 spiro atoms. The number of ether oxygens (including phenoxy) is 1. The van der Waals surface area contributed by atoms with Gasteiger partial charge in [-0.05, 0) is 50.2 Å². The van der Waals surface area contributed by atoms with Crippen molar-refractivity contribution in [2.75, 3.05) is 56.2 Å². The van der Waals surface area contributed by atoms with E-state index in [4.69, 9.17) is 4.74 Å². The minimum absolute atomic E-state index is 0.0886. The number of anilines is 2. The molecule has 2 aromatic carbocycles. The molecule has 2 aliphatic heterocycles. The Balaban J connectivity index is 1.30. The smallest absolute Gasteiger partial charge is 0.378 e. The van der Waals surface area contributed by atoms with Crippen molar-refractivity contribution in [2.24, 2.45) is 5.92 Å². The Morgan fingerprint density at radius 1 is 0.971 bits per heavy atom. The number of hydrogen-bond donors (Lipinski definition) is 1. The molecule has 0 radical (unpaired) electrons. The normalized spacial score (nSPS) is 18.0. The van der Waals surface area contributed by atoms with Crippen LogP contribution < -0.4 is 10.2 Å². The van der Waals surface area contributed by atoms with Crippen LogP contribution in [0, 0.1) is 5.92 Å². The van der Waals surface area contributed by atoms with Crippen LogP contribution in [0.5, 0.6) is 0 Å². The molecule has 0 aliphatic carbocycles. The minimum atomic E-state index is -4.48. The van der Waals surface area contributed by atoms with Crippen LogP contribution in [0.2, 0.25) is 0 Å². The number of alkyl halides is 3. The Bertz CT molecular complexity index is 1010. The van der Waals surface area contributed by atoms with Gasteiger partial charge in [-0.25, -0.2) is 0 Å². The predicted molar refractivity (Wildman–Crippen MR) is 123 cm³/mol. The summed E-state index contributed by atoms with van der Waals surface area (Å²) in [6, 6.07) is 12.3. The first-order chi connectivity index (χ1) is 16.3. The maximum absolute atomic E-state index is 13.0. The number of amides is 1. The van der Waals surface area contributed by atoms with E-state index in [1.807, 2.05) is 29.2 Å². The maximum Gasteiger partial charge on any atom is 0.416 e. The van der Waals surface area contributed by atoms with Crippen molar-refractivity contribution in [1.82, 2.24) is 4.90 Å². The highest BCUT2D eigenvalue weighted by molar-refractivity contribution is 5.98. The first kappa shape index (κ1) is 24.2. The topological polar surface area (TPSA) is 61.9 Å². The summed E-state index contributed by atoms with van der Waals surface area (Å²) in [6.07, 6.45) is -3.47. The van der Waals surface area contributed by atoms with Crippen molar-refractivity contribution >= 4 is 23.1 Å². The summed E-state index contributed by atoms with van der Waals surface area (Å²) in [7, 11) is 0. The van der Waals surface area contributed by atoms with Gasteiger partial charge >= 0.3 is 6.18 Å². The van der Waals surface area contributed by atoms with Crippen LogP contribution in [-0.2, 0) is 15.7 Å². The average Bonchev–Trinajstić information content (AvgIpc) is 2.84. The highest BCUT2D eigenvalue weighted by atomic mass is 19.4. The van der Waals surface area contributed by atoms with E-state index in [0.717, 1.165) is 36.6 Å². The molecule has 2 heterocycles. The number of hydrogen-bond acceptors (Lipinski definition) is 5. The standard InChI is InChI=1S/C25H28F3N3O3/c26-25(27,28)20-5-3-4-19(16-20)24(33)18-8-10-30(11-9-18)17-23(32)29-21-6-1-2-7-22(21)31-12-14-34-15-13-31/h1-7,16,18H,8-15,17H2,(H,29,32). The van der Waals surface area contributed by atoms with Crippen molar-refractivity contribution in [3.05, 3.63) is 59.7 Å². The number of para-hydroxylation sites is 2. The van der Waals surface area contributed by atoms with E-state index in [9.17, 15) is 22.8 Å². The zero-order valence-electron chi connectivity index (χ0n) is 18.8. The maximum atomic E-state index is 13.0. The second-order valence-corrected chi connectivity index (χ2v) is 8.66. The lowest BCUT2D eigenvalue weighted by Crippen LogP contribution is -2.41. The number of benzene rings is 2. The van der Waals surface area contributed by atoms with Crippen LogP contribution in [0.4, 0.5) is 24.5 Å². The quantitative estimate of drug-likeness (QED) is 0.639. The van der Waals surface area contributed by atoms with Gasteiger partial charge in [0.1, 0.15) is 0 Å². The van der Waals surface area contributed by atoms with Gasteiger partial charge in [-0.15, -0.1) is 0 Å². The minimum Gasteiger partial charge on any atom is -0.378 e. The molecule has 1 N–H and O–H groups in total. The number of rotatable bonds is 6. The fourth-order valence-electron chi connectivity index (χ4n) is 4.49. The molecule has 4 rings (SSSR count). The Labute approximate surface area is 196 Å². The average molecular weight is 476 g/mol. The van der Waals surface area contributed by atoms with Crippen molar-refractivity contribution in [1.29, 1.82) is 0 Å². The SMILES string of the molecule is O=C(CN1CCC(C(=O)c2cccc(C(F)(F)F)c2)CC1)Nc1ccccc1N1CCOCC1. The Hall–Kier alpha value is -2.91. The second-order valence-electron chi connectivity index (χ2n) is 8.66. The lowest BCUT2D eigenvalue weighted by Gasteiger charge is -2.32. The lowest BCUT2D eigenvalue weighted by molar-refractivity contribution is -0.137. The second kappa shape index (κ2) is 10.6. The monoisotopic (exact) mass is 475 g/mol. The van der Waals surface area contributed by atoms with Gasteiger partial charge in [-0.1, -0.05) is 24.3 Å². The van der Waals surface area contributed by atoms with E-state index < -0.39 is 11.7 Å². The number of halogens is 3. The molecule has 2 fully saturated rings. The summed E-state index contributed by atoms with van der Waals surface area (Å²) in [4.78, 5) is 29.6. The number of ketones is 1. The third-order valence-corrected chi connectivity index (χ3v) is 6.33. The van der Waals surface area contributed by atoms with Crippen LogP contribution >= 0.6 is 0 Å². The number of nitrogens with one attached hydrogen (secondary N) is 1. The molecule has 0 saturated carbocycles. The summed E-state index contributed by atoms with van der Waals surface area (Å²) in [6.45, 7) is 4.09. The lowest BCUT2D eigenvalue weighted by atomic mass is 9.88. The molecule has 2 aliphatic rings. The molecule has 2 saturated heterocycles. The summed E-state index contributed by atoms with van der Waals surface area (Å²) < 4.78 is 44.3. The van der Waals surface area contributed by atoms with Gasteiger partial charge < -0.3 is 15.0 Å².